The molecule has 0 saturated heterocycles. The molecule has 4 aromatic rings. The first-order valence-corrected chi connectivity index (χ1v) is 13.3. The Morgan fingerprint density at radius 2 is 1.24 bits per heavy atom. The molecule has 0 aliphatic heterocycles. The highest BCUT2D eigenvalue weighted by atomic mass is 32.2. The summed E-state index contributed by atoms with van der Waals surface area (Å²) in [5.41, 5.74) is -1.44. The van der Waals surface area contributed by atoms with Crippen LogP contribution in [0.2, 0.25) is 0 Å². The smallest absolute Gasteiger partial charge is 0.497 e. The lowest BCUT2D eigenvalue weighted by Crippen LogP contribution is -2.29. The first kappa shape index (κ1) is 25.9. The van der Waals surface area contributed by atoms with Gasteiger partial charge in [-0.05, 0) is 76.7 Å². The summed E-state index contributed by atoms with van der Waals surface area (Å²) in [5, 5.41) is 1.49. The lowest BCUT2D eigenvalue weighted by molar-refractivity contribution is -0.0500. The zero-order valence-electron chi connectivity index (χ0n) is 20.9. The highest BCUT2D eigenvalue weighted by molar-refractivity contribution is 7.88. The van der Waals surface area contributed by atoms with E-state index in [9.17, 15) is 21.6 Å². The van der Waals surface area contributed by atoms with E-state index in [0.717, 1.165) is 27.6 Å². The molecule has 0 N–H and O–H groups in total. The van der Waals surface area contributed by atoms with Crippen LogP contribution < -0.4 is 13.7 Å². The average molecular weight is 543 g/mol. The van der Waals surface area contributed by atoms with Gasteiger partial charge in [-0.15, -0.1) is 0 Å². The third kappa shape index (κ3) is 4.45. The molecule has 0 aromatic heterocycles. The lowest BCUT2D eigenvalue weighted by atomic mass is 9.69. The molecule has 0 fully saturated rings. The quantitative estimate of drug-likeness (QED) is 0.193. The van der Waals surface area contributed by atoms with Crippen molar-refractivity contribution >= 4 is 20.9 Å². The number of ether oxygens (including phenoxy) is 2. The van der Waals surface area contributed by atoms with Crippen molar-refractivity contribution in [3.63, 3.8) is 0 Å². The van der Waals surface area contributed by atoms with Gasteiger partial charge in [-0.1, -0.05) is 42.5 Å². The molecular weight excluding hydrogens is 517 g/mol. The minimum Gasteiger partial charge on any atom is -0.497 e. The van der Waals surface area contributed by atoms with Crippen molar-refractivity contribution < 1.29 is 35.2 Å². The van der Waals surface area contributed by atoms with Crippen molar-refractivity contribution in [2.24, 2.45) is 0 Å². The summed E-state index contributed by atoms with van der Waals surface area (Å²) >= 11 is 0. The fourth-order valence-electron chi connectivity index (χ4n) is 5.34. The topological polar surface area (TPSA) is 61.8 Å². The first-order valence-electron chi connectivity index (χ1n) is 11.9. The number of benzene rings is 4. The average Bonchev–Trinajstić information content (AvgIpc) is 2.90. The largest absolute Gasteiger partial charge is 0.534 e. The van der Waals surface area contributed by atoms with Gasteiger partial charge < -0.3 is 13.7 Å². The van der Waals surface area contributed by atoms with Gasteiger partial charge in [-0.2, -0.15) is 21.6 Å². The Balaban J connectivity index is 1.80. The van der Waals surface area contributed by atoms with E-state index >= 15 is 0 Å². The summed E-state index contributed by atoms with van der Waals surface area (Å²) in [7, 11) is -2.74. The summed E-state index contributed by atoms with van der Waals surface area (Å²) in [6.45, 7) is 1.95. The highest BCUT2D eigenvalue weighted by Gasteiger charge is 2.49. The molecule has 0 radical (unpaired) electrons. The second-order valence-electron chi connectivity index (χ2n) is 9.24. The Morgan fingerprint density at radius 1 is 0.737 bits per heavy atom. The van der Waals surface area contributed by atoms with E-state index in [1.807, 2.05) is 55.5 Å². The Kier molecular flexibility index (Phi) is 6.51. The zero-order chi connectivity index (χ0) is 27.2. The van der Waals surface area contributed by atoms with Gasteiger partial charge in [0.2, 0.25) is 0 Å². The van der Waals surface area contributed by atoms with E-state index in [4.69, 9.17) is 13.7 Å². The van der Waals surface area contributed by atoms with Crippen LogP contribution in [0.15, 0.2) is 72.8 Å². The third-order valence-electron chi connectivity index (χ3n) is 7.13. The molecule has 0 amide bonds. The molecule has 198 valence electrons. The number of hydrogen-bond acceptors (Lipinski definition) is 5. The number of rotatable bonds is 6. The van der Waals surface area contributed by atoms with Gasteiger partial charge in [0.25, 0.3) is 0 Å². The Morgan fingerprint density at radius 3 is 1.74 bits per heavy atom. The SMILES string of the molecule is COc1ccc(C2C[C@@H](c3ccc(OC)cc3)c3c(C)ccc4ccc(OS(=O)(=O)C(F)(F)F)c2c34)cc1. The number of hydrogen-bond donors (Lipinski definition) is 0. The molecule has 0 bridgehead atoms. The van der Waals surface area contributed by atoms with Gasteiger partial charge in [0.15, 0.2) is 0 Å². The molecule has 1 aliphatic rings. The molecule has 5 nitrogen and oxygen atoms in total. The van der Waals surface area contributed by atoms with Crippen molar-refractivity contribution in [2.45, 2.75) is 30.7 Å². The monoisotopic (exact) mass is 542 g/mol. The minimum absolute atomic E-state index is 0.112. The fourth-order valence-corrected chi connectivity index (χ4v) is 5.82. The summed E-state index contributed by atoms with van der Waals surface area (Å²) in [4.78, 5) is 0. The predicted octanol–water partition coefficient (Wildman–Crippen LogP) is 7.06. The van der Waals surface area contributed by atoms with Crippen LogP contribution in [0.5, 0.6) is 17.2 Å². The summed E-state index contributed by atoms with van der Waals surface area (Å²) in [6, 6.07) is 21.7. The summed E-state index contributed by atoms with van der Waals surface area (Å²) < 4.78 is 79.6. The maximum absolute atomic E-state index is 13.3. The molecule has 1 aliphatic carbocycles. The van der Waals surface area contributed by atoms with Gasteiger partial charge in [0, 0.05) is 17.4 Å². The maximum atomic E-state index is 13.3. The molecule has 38 heavy (non-hydrogen) atoms. The van der Waals surface area contributed by atoms with E-state index in [2.05, 4.69) is 0 Å². The molecule has 2 atom stereocenters. The maximum Gasteiger partial charge on any atom is 0.534 e. The van der Waals surface area contributed by atoms with E-state index in [0.29, 0.717) is 28.9 Å². The predicted molar refractivity (Wildman–Crippen MR) is 139 cm³/mol. The van der Waals surface area contributed by atoms with Gasteiger partial charge in [0.1, 0.15) is 17.2 Å². The standard InChI is InChI=1S/C29H25F3O5S/c1-17-4-5-20-10-15-25(37-38(33,34)29(30,31)32)28-24(19-8-13-22(36-3)14-9-19)16-23(26(17)27(20)28)18-6-11-21(35-2)12-7-18/h4-15,23-24H,16H2,1-3H3/t23-,24?/m0/s1. The molecule has 0 saturated carbocycles. The highest BCUT2D eigenvalue weighted by Crippen LogP contribution is 2.53. The molecular formula is C29H25F3O5S. The zero-order valence-corrected chi connectivity index (χ0v) is 21.7. The second-order valence-corrected chi connectivity index (χ2v) is 10.8. The molecule has 1 unspecified atom stereocenters. The van der Waals surface area contributed by atoms with Crippen LogP contribution in [0.1, 0.15) is 46.1 Å². The van der Waals surface area contributed by atoms with Crippen LogP contribution in [-0.4, -0.2) is 28.1 Å². The Bertz CT molecular complexity index is 1600. The second kappa shape index (κ2) is 9.54. The third-order valence-corrected chi connectivity index (χ3v) is 8.10. The number of aryl methyl sites for hydroxylation is 1. The molecule has 0 spiro atoms. The van der Waals surface area contributed by atoms with E-state index in [1.165, 1.54) is 6.07 Å². The van der Waals surface area contributed by atoms with Crippen LogP contribution in [0, 0.1) is 6.92 Å². The fraction of sp³-hybridized carbons (Fsp3) is 0.241. The van der Waals surface area contributed by atoms with Crippen molar-refractivity contribution in [3.05, 3.63) is 101 Å². The van der Waals surface area contributed by atoms with Crippen molar-refractivity contribution in [2.75, 3.05) is 14.2 Å². The van der Waals surface area contributed by atoms with Crippen LogP contribution in [0.4, 0.5) is 13.2 Å². The van der Waals surface area contributed by atoms with Gasteiger partial charge >= 0.3 is 15.6 Å². The lowest BCUT2D eigenvalue weighted by Gasteiger charge is -2.35. The van der Waals surface area contributed by atoms with Gasteiger partial charge in [-0.25, -0.2) is 0 Å². The summed E-state index contributed by atoms with van der Waals surface area (Å²) in [6.07, 6.45) is 0.484. The molecule has 0 heterocycles. The van der Waals surface area contributed by atoms with Crippen LogP contribution in [0.3, 0.4) is 0 Å². The van der Waals surface area contributed by atoms with Crippen LogP contribution in [0.25, 0.3) is 10.8 Å². The van der Waals surface area contributed by atoms with E-state index in [1.54, 1.807) is 32.4 Å². The minimum atomic E-state index is -5.87. The number of methoxy groups -OCH3 is 2. The molecule has 4 aromatic carbocycles. The van der Waals surface area contributed by atoms with Crippen molar-refractivity contribution in [1.82, 2.24) is 0 Å². The van der Waals surface area contributed by atoms with Gasteiger partial charge in [0.05, 0.1) is 14.2 Å². The summed E-state index contributed by atoms with van der Waals surface area (Å²) in [5.74, 6) is 0.445. The van der Waals surface area contributed by atoms with Crippen LogP contribution in [-0.2, 0) is 10.1 Å². The van der Waals surface area contributed by atoms with Crippen molar-refractivity contribution in [1.29, 1.82) is 0 Å². The van der Waals surface area contributed by atoms with Gasteiger partial charge in [-0.3, -0.25) is 0 Å². The molecule has 5 rings (SSSR count). The van der Waals surface area contributed by atoms with E-state index < -0.39 is 21.5 Å². The normalized spacial score (nSPS) is 17.3. The number of alkyl halides is 3. The number of halogens is 3. The van der Waals surface area contributed by atoms with Crippen LogP contribution >= 0.6 is 0 Å². The van der Waals surface area contributed by atoms with Crippen molar-refractivity contribution in [3.8, 4) is 17.2 Å². The van der Waals surface area contributed by atoms with E-state index in [-0.39, 0.29) is 11.7 Å². The Labute approximate surface area is 218 Å². The first-order chi connectivity index (χ1) is 18.0. The molecule has 9 heteroatoms. The Hall–Kier alpha value is -3.72.